The quantitative estimate of drug-likeness (QED) is 0.472. The first-order valence-corrected chi connectivity index (χ1v) is 9.88. The molecule has 1 aromatic heterocycles. The topological polar surface area (TPSA) is 44.9 Å². The van der Waals surface area contributed by atoms with Crippen LogP contribution < -0.4 is 0 Å². The lowest BCUT2D eigenvalue weighted by molar-refractivity contribution is 0.219. The summed E-state index contributed by atoms with van der Waals surface area (Å²) in [5.74, 6) is 0.349. The third kappa shape index (κ3) is 4.54. The largest absolute Gasteiger partial charge is 0.360 e. The first-order chi connectivity index (χ1) is 14.1. The fourth-order valence-corrected chi connectivity index (χ4v) is 3.44. The fourth-order valence-electron chi connectivity index (χ4n) is 3.44. The van der Waals surface area contributed by atoms with Crippen molar-refractivity contribution in [2.24, 2.45) is 4.99 Å². The molecule has 0 radical (unpaired) electrons. The van der Waals surface area contributed by atoms with E-state index in [-0.39, 0.29) is 11.7 Å². The average Bonchev–Trinajstić information content (AvgIpc) is 3.22. The number of aromatic nitrogens is 1. The van der Waals surface area contributed by atoms with Gasteiger partial charge in [0.05, 0.1) is 12.0 Å². The van der Waals surface area contributed by atoms with Crippen molar-refractivity contribution in [3.63, 3.8) is 0 Å². The number of rotatable bonds is 5. The Labute approximate surface area is 170 Å². The Morgan fingerprint density at radius 1 is 1.07 bits per heavy atom. The van der Waals surface area contributed by atoms with Crippen molar-refractivity contribution < 1.29 is 8.91 Å². The molecule has 1 aliphatic rings. The van der Waals surface area contributed by atoms with Crippen molar-refractivity contribution in [3.05, 3.63) is 71.7 Å². The van der Waals surface area contributed by atoms with Gasteiger partial charge in [0, 0.05) is 43.7 Å². The van der Waals surface area contributed by atoms with Gasteiger partial charge in [0.1, 0.15) is 5.82 Å². The molecule has 0 aliphatic carbocycles. The summed E-state index contributed by atoms with van der Waals surface area (Å²) < 4.78 is 19.4. The molecule has 1 atom stereocenters. The molecule has 6 heteroatoms. The summed E-state index contributed by atoms with van der Waals surface area (Å²) in [4.78, 5) is 8.92. The highest BCUT2D eigenvalue weighted by atomic mass is 19.1. The number of likely N-dealkylation sites (N-methyl/N-ethyl adjacent to an activating group) is 1. The fraction of sp³-hybridized carbons (Fsp3) is 0.304. The summed E-state index contributed by atoms with van der Waals surface area (Å²) in [5.41, 5.74) is 3.38. The van der Waals surface area contributed by atoms with E-state index in [1.54, 1.807) is 12.1 Å². The van der Waals surface area contributed by atoms with Gasteiger partial charge in [0.15, 0.2) is 0 Å². The predicted molar refractivity (Wildman–Crippen MR) is 113 cm³/mol. The van der Waals surface area contributed by atoms with Gasteiger partial charge >= 0.3 is 0 Å². The molecule has 5 nitrogen and oxygen atoms in total. The van der Waals surface area contributed by atoms with Crippen LogP contribution in [0.25, 0.3) is 11.1 Å². The van der Waals surface area contributed by atoms with Crippen LogP contribution in [-0.4, -0.2) is 54.5 Å². The van der Waals surface area contributed by atoms with Gasteiger partial charge in [-0.2, -0.15) is 0 Å². The van der Waals surface area contributed by atoms with E-state index in [4.69, 9.17) is 4.52 Å². The Kier molecular flexibility index (Phi) is 5.71. The normalized spacial score (nSPS) is 16.4. The van der Waals surface area contributed by atoms with E-state index in [2.05, 4.69) is 33.9 Å². The number of benzene rings is 2. The molecule has 1 fully saturated rings. The lowest BCUT2D eigenvalue weighted by atomic mass is 9.95. The molecule has 150 valence electrons. The SMILES string of the molecule is CC(c1ccc(-c2ccccc2F)cc1)c1cc(N=CN2CCN(C)CC2)on1. The number of halogens is 1. The minimum atomic E-state index is -0.215. The van der Waals surface area contributed by atoms with E-state index < -0.39 is 0 Å². The highest BCUT2D eigenvalue weighted by molar-refractivity contribution is 5.64. The minimum Gasteiger partial charge on any atom is -0.360 e. The highest BCUT2D eigenvalue weighted by Gasteiger charge is 2.15. The molecule has 0 N–H and O–H groups in total. The zero-order chi connectivity index (χ0) is 20.2. The maximum absolute atomic E-state index is 14.0. The third-order valence-corrected chi connectivity index (χ3v) is 5.44. The van der Waals surface area contributed by atoms with Gasteiger partial charge < -0.3 is 14.3 Å². The lowest BCUT2D eigenvalue weighted by Gasteiger charge is -2.30. The second-order valence-corrected chi connectivity index (χ2v) is 7.50. The molecule has 2 heterocycles. The van der Waals surface area contributed by atoms with Crippen LogP contribution in [0.1, 0.15) is 24.1 Å². The van der Waals surface area contributed by atoms with E-state index >= 15 is 0 Å². The number of aliphatic imine (C=N–C) groups is 1. The summed E-state index contributed by atoms with van der Waals surface area (Å²) >= 11 is 0. The Hall–Kier alpha value is -2.99. The van der Waals surface area contributed by atoms with Crippen LogP contribution in [0.15, 0.2) is 64.1 Å². The van der Waals surface area contributed by atoms with Crippen LogP contribution in [0.3, 0.4) is 0 Å². The van der Waals surface area contributed by atoms with E-state index in [1.165, 1.54) is 6.07 Å². The smallest absolute Gasteiger partial charge is 0.252 e. The number of hydrogen-bond donors (Lipinski definition) is 0. The molecule has 3 aromatic rings. The number of piperazine rings is 1. The van der Waals surface area contributed by atoms with Crippen molar-refractivity contribution in [2.45, 2.75) is 12.8 Å². The molecule has 2 aromatic carbocycles. The van der Waals surface area contributed by atoms with Crippen LogP contribution in [0.2, 0.25) is 0 Å². The summed E-state index contributed by atoms with van der Waals surface area (Å²) in [6, 6.07) is 16.6. The van der Waals surface area contributed by atoms with Crippen LogP contribution >= 0.6 is 0 Å². The van der Waals surface area contributed by atoms with E-state index in [0.717, 1.165) is 43.0 Å². The maximum Gasteiger partial charge on any atom is 0.252 e. The van der Waals surface area contributed by atoms with Crippen molar-refractivity contribution in [3.8, 4) is 11.1 Å². The molecule has 0 bridgehead atoms. The Morgan fingerprint density at radius 3 is 2.52 bits per heavy atom. The van der Waals surface area contributed by atoms with Gasteiger partial charge in [-0.25, -0.2) is 9.38 Å². The minimum absolute atomic E-state index is 0.0565. The van der Waals surface area contributed by atoms with Crippen molar-refractivity contribution in [1.29, 1.82) is 0 Å². The van der Waals surface area contributed by atoms with Gasteiger partial charge in [0.25, 0.3) is 5.88 Å². The van der Waals surface area contributed by atoms with Crippen molar-refractivity contribution in [1.82, 2.24) is 15.0 Å². The molecule has 0 amide bonds. The zero-order valence-electron chi connectivity index (χ0n) is 16.8. The summed E-state index contributed by atoms with van der Waals surface area (Å²) in [6.07, 6.45) is 1.84. The van der Waals surface area contributed by atoms with Gasteiger partial charge in [-0.15, -0.1) is 0 Å². The number of hydrogen-bond acceptors (Lipinski definition) is 4. The lowest BCUT2D eigenvalue weighted by Crippen LogP contribution is -2.43. The Bertz CT molecular complexity index is 975. The van der Waals surface area contributed by atoms with Crippen LogP contribution in [0.4, 0.5) is 10.3 Å². The highest BCUT2D eigenvalue weighted by Crippen LogP contribution is 2.29. The number of nitrogens with zero attached hydrogens (tertiary/aromatic N) is 4. The Balaban J connectivity index is 1.43. The molecular weight excluding hydrogens is 367 g/mol. The molecular formula is C23H25FN4O. The van der Waals surface area contributed by atoms with Crippen molar-refractivity contribution in [2.75, 3.05) is 33.2 Å². The van der Waals surface area contributed by atoms with Crippen molar-refractivity contribution >= 4 is 12.2 Å². The molecule has 0 spiro atoms. The predicted octanol–water partition coefficient (Wildman–Crippen LogP) is 4.54. The Morgan fingerprint density at radius 2 is 1.79 bits per heavy atom. The second kappa shape index (κ2) is 8.57. The standard InChI is InChI=1S/C23H25FN4O/c1-17(18-7-9-19(10-8-18)20-5-3-4-6-21(20)24)22-15-23(29-26-22)25-16-28-13-11-27(2)12-14-28/h3-10,15-17H,11-14H2,1-2H3. The van der Waals surface area contributed by atoms with Gasteiger partial charge in [-0.05, 0) is 24.2 Å². The van der Waals surface area contributed by atoms with E-state index in [1.807, 2.05) is 42.7 Å². The second-order valence-electron chi connectivity index (χ2n) is 7.50. The first-order valence-electron chi connectivity index (χ1n) is 9.88. The maximum atomic E-state index is 14.0. The van der Waals surface area contributed by atoms with E-state index in [0.29, 0.717) is 11.4 Å². The third-order valence-electron chi connectivity index (χ3n) is 5.44. The molecule has 29 heavy (non-hydrogen) atoms. The monoisotopic (exact) mass is 392 g/mol. The van der Waals surface area contributed by atoms with E-state index in [9.17, 15) is 4.39 Å². The van der Waals surface area contributed by atoms with Crippen LogP contribution in [0.5, 0.6) is 0 Å². The summed E-state index contributed by atoms with van der Waals surface area (Å²) in [6.45, 7) is 6.07. The summed E-state index contributed by atoms with van der Waals surface area (Å²) in [5, 5.41) is 4.19. The molecule has 1 saturated heterocycles. The molecule has 0 saturated carbocycles. The first kappa shape index (κ1) is 19.3. The van der Waals surface area contributed by atoms with Crippen LogP contribution in [0, 0.1) is 5.82 Å². The summed E-state index contributed by atoms with van der Waals surface area (Å²) in [7, 11) is 2.13. The molecule has 1 unspecified atom stereocenters. The van der Waals surface area contributed by atoms with Gasteiger partial charge in [-0.3, -0.25) is 0 Å². The van der Waals surface area contributed by atoms with Crippen LogP contribution in [-0.2, 0) is 0 Å². The zero-order valence-corrected chi connectivity index (χ0v) is 16.8. The van der Waals surface area contributed by atoms with Gasteiger partial charge in [-0.1, -0.05) is 54.5 Å². The molecule has 1 aliphatic heterocycles. The van der Waals surface area contributed by atoms with Gasteiger partial charge in [0.2, 0.25) is 0 Å². The average molecular weight is 392 g/mol. The molecule has 4 rings (SSSR count).